The lowest BCUT2D eigenvalue weighted by Gasteiger charge is -1.98. The van der Waals surface area contributed by atoms with Crippen LogP contribution in [0.25, 0.3) is 0 Å². The van der Waals surface area contributed by atoms with E-state index in [0.29, 0.717) is 11.4 Å². The summed E-state index contributed by atoms with van der Waals surface area (Å²) in [5, 5.41) is 0. The van der Waals surface area contributed by atoms with Crippen LogP contribution in [0, 0.1) is 3.57 Å². The lowest BCUT2D eigenvalue weighted by atomic mass is 10.4. The average Bonchev–Trinajstić information content (AvgIpc) is 1.83. The van der Waals surface area contributed by atoms with Crippen molar-refractivity contribution in [1.82, 2.24) is 4.98 Å². The number of hydrogen-bond acceptors (Lipinski definition) is 3. The number of hydrogen-bond donors (Lipinski definition) is 2. The monoisotopic (exact) mass is 235 g/mol. The molecule has 1 heterocycles. The van der Waals surface area contributed by atoms with Gasteiger partial charge in [-0.1, -0.05) is 0 Å². The average molecular weight is 235 g/mol. The van der Waals surface area contributed by atoms with Gasteiger partial charge in [0.1, 0.15) is 0 Å². The van der Waals surface area contributed by atoms with Crippen molar-refractivity contribution >= 4 is 34.0 Å². The van der Waals surface area contributed by atoms with Crippen LogP contribution in [0.4, 0.5) is 11.4 Å². The van der Waals surface area contributed by atoms with Gasteiger partial charge in [0, 0.05) is 6.20 Å². The highest BCUT2D eigenvalue weighted by atomic mass is 127. The highest BCUT2D eigenvalue weighted by Crippen LogP contribution is 2.18. The van der Waals surface area contributed by atoms with E-state index in [9.17, 15) is 0 Å². The molecular formula is C5H6IN3. The molecule has 0 aliphatic carbocycles. The number of nitrogens with zero attached hydrogens (tertiary/aromatic N) is 1. The van der Waals surface area contributed by atoms with Crippen molar-refractivity contribution in [2.75, 3.05) is 11.5 Å². The minimum Gasteiger partial charge on any atom is -0.396 e. The molecule has 9 heavy (non-hydrogen) atoms. The van der Waals surface area contributed by atoms with Gasteiger partial charge < -0.3 is 11.5 Å². The van der Waals surface area contributed by atoms with E-state index in [4.69, 9.17) is 11.5 Å². The number of rotatable bonds is 0. The van der Waals surface area contributed by atoms with E-state index >= 15 is 0 Å². The van der Waals surface area contributed by atoms with Crippen LogP contribution in [0.1, 0.15) is 0 Å². The van der Waals surface area contributed by atoms with Gasteiger partial charge in [-0.15, -0.1) is 0 Å². The Morgan fingerprint density at radius 3 is 2.44 bits per heavy atom. The van der Waals surface area contributed by atoms with Crippen molar-refractivity contribution in [3.63, 3.8) is 0 Å². The normalized spacial score (nSPS) is 9.44. The minimum absolute atomic E-state index is 0.543. The molecule has 4 N–H and O–H groups in total. The second-order valence-electron chi connectivity index (χ2n) is 1.62. The van der Waals surface area contributed by atoms with Crippen LogP contribution < -0.4 is 11.5 Å². The molecule has 0 atom stereocenters. The molecule has 0 saturated carbocycles. The minimum atomic E-state index is 0.543. The fourth-order valence-electron chi connectivity index (χ4n) is 0.460. The fraction of sp³-hybridized carbons (Fsp3) is 0. The molecular weight excluding hydrogens is 229 g/mol. The largest absolute Gasteiger partial charge is 0.396 e. The summed E-state index contributed by atoms with van der Waals surface area (Å²) < 4.78 is 0.896. The van der Waals surface area contributed by atoms with Gasteiger partial charge in [-0.2, -0.15) is 0 Å². The molecule has 0 aliphatic rings. The number of halogens is 1. The maximum Gasteiger partial charge on any atom is 0.0745 e. The predicted molar refractivity (Wildman–Crippen MR) is 45.8 cm³/mol. The topological polar surface area (TPSA) is 64.9 Å². The van der Waals surface area contributed by atoms with Gasteiger partial charge >= 0.3 is 0 Å². The number of nitrogens with two attached hydrogens (primary N) is 2. The van der Waals surface area contributed by atoms with E-state index in [0.717, 1.165) is 3.57 Å². The van der Waals surface area contributed by atoms with Gasteiger partial charge in [0.05, 0.1) is 21.1 Å². The first-order valence-electron chi connectivity index (χ1n) is 2.36. The summed E-state index contributed by atoms with van der Waals surface area (Å²) in [6, 6.07) is 0. The number of anilines is 2. The molecule has 1 aromatic rings. The Hall–Kier alpha value is -0.520. The first-order chi connectivity index (χ1) is 4.22. The predicted octanol–water partition coefficient (Wildman–Crippen LogP) is 0.851. The maximum atomic E-state index is 5.51. The fourth-order valence-corrected chi connectivity index (χ4v) is 0.932. The van der Waals surface area contributed by atoms with E-state index in [-0.39, 0.29) is 0 Å². The molecule has 1 aromatic heterocycles. The first kappa shape index (κ1) is 6.60. The Kier molecular flexibility index (Phi) is 1.75. The molecule has 0 saturated heterocycles. The van der Waals surface area contributed by atoms with Crippen LogP contribution in [-0.4, -0.2) is 4.98 Å². The molecule has 0 spiro atoms. The molecule has 0 aliphatic heterocycles. The van der Waals surface area contributed by atoms with Crippen LogP contribution in [-0.2, 0) is 0 Å². The zero-order valence-electron chi connectivity index (χ0n) is 4.63. The van der Waals surface area contributed by atoms with Gasteiger partial charge in [0.2, 0.25) is 0 Å². The molecule has 3 nitrogen and oxygen atoms in total. The number of nitrogen functional groups attached to an aromatic ring is 2. The summed E-state index contributed by atoms with van der Waals surface area (Å²) in [7, 11) is 0. The summed E-state index contributed by atoms with van der Waals surface area (Å²) in [6.07, 6.45) is 3.21. The summed E-state index contributed by atoms with van der Waals surface area (Å²) in [4.78, 5) is 3.83. The quantitative estimate of drug-likeness (QED) is 0.655. The summed E-state index contributed by atoms with van der Waals surface area (Å²) in [5.74, 6) is 0. The summed E-state index contributed by atoms with van der Waals surface area (Å²) in [5.41, 5.74) is 12.1. The van der Waals surface area contributed by atoms with Crippen LogP contribution in [0.2, 0.25) is 0 Å². The Balaban J connectivity index is 3.25. The molecule has 48 valence electrons. The second-order valence-corrected chi connectivity index (χ2v) is 2.79. The third-order valence-electron chi connectivity index (χ3n) is 0.970. The Morgan fingerprint density at radius 2 is 2.00 bits per heavy atom. The molecule has 0 aromatic carbocycles. The Labute approximate surface area is 66.6 Å². The lowest BCUT2D eigenvalue weighted by Crippen LogP contribution is -1.97. The molecule has 0 radical (unpaired) electrons. The Bertz CT molecular complexity index is 203. The van der Waals surface area contributed by atoms with Crippen LogP contribution >= 0.6 is 22.6 Å². The third kappa shape index (κ3) is 1.24. The zero-order valence-corrected chi connectivity index (χ0v) is 6.79. The van der Waals surface area contributed by atoms with Crippen LogP contribution in [0.3, 0.4) is 0 Å². The van der Waals surface area contributed by atoms with Crippen molar-refractivity contribution in [2.45, 2.75) is 0 Å². The van der Waals surface area contributed by atoms with Crippen LogP contribution in [0.5, 0.6) is 0 Å². The van der Waals surface area contributed by atoms with Gasteiger partial charge in [0.15, 0.2) is 0 Å². The Morgan fingerprint density at radius 1 is 1.33 bits per heavy atom. The standard InChI is InChI=1S/C5H6IN3/c6-3-1-9-2-4(7)5(3)8/h1-2H,7H2,(H2,8,9). The molecule has 4 heteroatoms. The molecule has 0 fully saturated rings. The van der Waals surface area contributed by atoms with Gasteiger partial charge in [-0.3, -0.25) is 4.98 Å². The zero-order chi connectivity index (χ0) is 6.85. The van der Waals surface area contributed by atoms with E-state index in [1.165, 1.54) is 6.20 Å². The van der Waals surface area contributed by atoms with Crippen molar-refractivity contribution in [1.29, 1.82) is 0 Å². The summed E-state index contributed by atoms with van der Waals surface area (Å²) >= 11 is 2.08. The maximum absolute atomic E-state index is 5.51. The van der Waals surface area contributed by atoms with E-state index in [1.807, 2.05) is 0 Å². The molecule has 0 amide bonds. The van der Waals surface area contributed by atoms with Gasteiger partial charge in [-0.05, 0) is 22.6 Å². The van der Waals surface area contributed by atoms with E-state index in [2.05, 4.69) is 27.6 Å². The third-order valence-corrected chi connectivity index (χ3v) is 1.83. The van der Waals surface area contributed by atoms with Crippen molar-refractivity contribution in [2.24, 2.45) is 0 Å². The van der Waals surface area contributed by atoms with Crippen molar-refractivity contribution in [3.05, 3.63) is 16.0 Å². The smallest absolute Gasteiger partial charge is 0.0745 e. The second kappa shape index (κ2) is 2.38. The van der Waals surface area contributed by atoms with E-state index in [1.54, 1.807) is 6.20 Å². The van der Waals surface area contributed by atoms with E-state index < -0.39 is 0 Å². The number of aromatic nitrogens is 1. The SMILES string of the molecule is Nc1cncc(I)c1N. The first-order valence-corrected chi connectivity index (χ1v) is 3.44. The molecule has 0 unspecified atom stereocenters. The lowest BCUT2D eigenvalue weighted by molar-refractivity contribution is 1.31. The van der Waals surface area contributed by atoms with Crippen molar-refractivity contribution in [3.8, 4) is 0 Å². The number of pyridine rings is 1. The highest BCUT2D eigenvalue weighted by molar-refractivity contribution is 14.1. The highest BCUT2D eigenvalue weighted by Gasteiger charge is 1.96. The van der Waals surface area contributed by atoms with Crippen LogP contribution in [0.15, 0.2) is 12.4 Å². The summed E-state index contributed by atoms with van der Waals surface area (Å²) in [6.45, 7) is 0. The van der Waals surface area contributed by atoms with Crippen molar-refractivity contribution < 1.29 is 0 Å². The van der Waals surface area contributed by atoms with Gasteiger partial charge in [0.25, 0.3) is 0 Å². The van der Waals surface area contributed by atoms with Gasteiger partial charge in [-0.25, -0.2) is 0 Å². The molecule has 0 bridgehead atoms. The molecule has 1 rings (SSSR count).